The summed E-state index contributed by atoms with van der Waals surface area (Å²) in [5, 5.41) is 5.65. The summed E-state index contributed by atoms with van der Waals surface area (Å²) >= 11 is 0. The lowest BCUT2D eigenvalue weighted by atomic mass is 9.85. The smallest absolute Gasteiger partial charge is 0.321 e. The molecular weight excluding hydrogens is 725 g/mol. The molecule has 8 bridgehead atoms. The van der Waals surface area contributed by atoms with Gasteiger partial charge in [0, 0.05) is 74.1 Å². The number of unbranched alkanes of at least 4 members (excludes halogenated alkanes) is 2. The summed E-state index contributed by atoms with van der Waals surface area (Å²) in [6.45, 7) is 21.5. The van der Waals surface area contributed by atoms with Crippen molar-refractivity contribution in [2.75, 3.05) is 13.7 Å². The minimum atomic E-state index is -1.14. The molecule has 3 aliphatic rings. The van der Waals surface area contributed by atoms with Crippen LogP contribution in [0, 0.1) is 44.4 Å². The minimum absolute atomic E-state index is 0.0840. The van der Waals surface area contributed by atoms with Crippen molar-refractivity contribution >= 4 is 47.6 Å². The Hall–Kier alpha value is -5.05. The topological polar surface area (TPSA) is 129 Å². The van der Waals surface area contributed by atoms with Crippen LogP contribution in [0.2, 0.25) is 0 Å². The monoisotopic (exact) mass is 788 g/mol. The van der Waals surface area contributed by atoms with Gasteiger partial charge in [-0.05, 0) is 106 Å². The van der Waals surface area contributed by atoms with Gasteiger partial charge in [-0.1, -0.05) is 78.0 Å². The lowest BCUT2D eigenvalue weighted by Gasteiger charge is -2.19. The normalized spacial score (nSPS) is 22.4. The number of methoxy groups -OCH3 is 1. The van der Waals surface area contributed by atoms with Crippen LogP contribution in [-0.4, -0.2) is 46.4 Å². The molecule has 4 atom stereocenters. The number of nitrogens with one attached hydrogen (secondary N) is 4. The number of aromatic nitrogens is 3. The van der Waals surface area contributed by atoms with Gasteiger partial charge in [0.15, 0.2) is 5.78 Å². The summed E-state index contributed by atoms with van der Waals surface area (Å²) in [6, 6.07) is 0. The number of fused-ring (bicyclic) bond motifs is 7. The molecule has 0 aromatic carbocycles. The summed E-state index contributed by atoms with van der Waals surface area (Å²) in [7, 11) is 1.32. The minimum Gasteiger partial charge on any atom is -0.468 e. The van der Waals surface area contributed by atoms with Crippen molar-refractivity contribution in [1.29, 1.82) is 0 Å². The summed E-state index contributed by atoms with van der Waals surface area (Å²) in [6.07, 6.45) is 20.2. The Balaban J connectivity index is 1.36. The summed E-state index contributed by atoms with van der Waals surface area (Å²) in [4.78, 5) is 52.1. The molecule has 0 saturated carbocycles. The molecule has 3 aromatic rings. The van der Waals surface area contributed by atoms with Crippen molar-refractivity contribution in [3.63, 3.8) is 0 Å². The van der Waals surface area contributed by atoms with Gasteiger partial charge >= 0.3 is 11.9 Å². The van der Waals surface area contributed by atoms with Crippen LogP contribution in [0.3, 0.4) is 0 Å². The largest absolute Gasteiger partial charge is 0.468 e. The van der Waals surface area contributed by atoms with Crippen LogP contribution in [-0.2, 0) is 25.5 Å². The van der Waals surface area contributed by atoms with E-state index in [1.165, 1.54) is 50.4 Å². The number of carbonyl (C=O) groups is 3. The number of rotatable bonds is 16. The van der Waals surface area contributed by atoms with Gasteiger partial charge in [-0.2, -0.15) is 0 Å². The molecule has 3 aromatic heterocycles. The Morgan fingerprint density at radius 2 is 1.64 bits per heavy atom. The first kappa shape index (κ1) is 42.6. The highest BCUT2D eigenvalue weighted by Gasteiger charge is 2.48. The third-order valence-electron chi connectivity index (χ3n) is 13.0. The molecular formula is C49H64N4O5. The van der Waals surface area contributed by atoms with E-state index in [0.29, 0.717) is 23.3 Å². The van der Waals surface area contributed by atoms with Gasteiger partial charge in [0.05, 0.1) is 12.8 Å². The zero-order chi connectivity index (χ0) is 41.8. The highest BCUT2D eigenvalue weighted by Crippen LogP contribution is 2.48. The average molecular weight is 789 g/mol. The Bertz CT molecular complexity index is 2310. The number of ether oxygens (including phenoxy) is 2. The molecule has 1 aliphatic carbocycles. The number of hydrogen-bond acceptors (Lipinski definition) is 6. The number of esters is 2. The highest BCUT2D eigenvalue weighted by molar-refractivity contribution is 6.24. The number of ketones is 1. The standard InChI is InChI=1S/C49H64N4O5/c1-11-14-15-17-27(4)18-16-19-28(5)22-23-58-42(54)21-20-35-31(8)38-24-36-29(6)33(12-2)40(50-36)25-37-30(7)34(13-3)41(51-37)26-39-32(9)43-47(53-39)44(46(35)52-38)45(48(43)55)49(56)57-10/h12,22,24-27,31,35,45,50-53H,2,11,13-21,23H2,1,3-10H3/b28-22+,37-25-,38-24-,41-26-,46-44-/t27-,31+,35+,45-/m1/s1. The summed E-state index contributed by atoms with van der Waals surface area (Å²) < 4.78 is 11.0. The number of Topliss-reactive ketones (excluding diaryl/α,β-unsaturated/α-hetero) is 1. The van der Waals surface area contributed by atoms with Gasteiger partial charge in [-0.3, -0.25) is 14.4 Å². The Morgan fingerprint density at radius 1 is 0.914 bits per heavy atom. The van der Waals surface area contributed by atoms with Crippen molar-refractivity contribution in [3.05, 3.63) is 96.5 Å². The van der Waals surface area contributed by atoms with Crippen molar-refractivity contribution in [1.82, 2.24) is 20.3 Å². The van der Waals surface area contributed by atoms with Crippen LogP contribution in [0.4, 0.5) is 0 Å². The lowest BCUT2D eigenvalue weighted by molar-refractivity contribution is -0.143. The van der Waals surface area contributed by atoms with E-state index in [9.17, 15) is 14.4 Å². The number of hydrogen-bond donors (Lipinski definition) is 4. The van der Waals surface area contributed by atoms with Crippen LogP contribution >= 0.6 is 0 Å². The van der Waals surface area contributed by atoms with Gasteiger partial charge in [-0.25, -0.2) is 0 Å². The Morgan fingerprint density at radius 3 is 2.34 bits per heavy atom. The molecule has 4 N–H and O–H groups in total. The van der Waals surface area contributed by atoms with Crippen molar-refractivity contribution < 1.29 is 23.9 Å². The third-order valence-corrected chi connectivity index (χ3v) is 13.0. The van der Waals surface area contributed by atoms with Gasteiger partial charge in [-0.15, -0.1) is 0 Å². The molecule has 1 saturated heterocycles. The van der Waals surface area contributed by atoms with E-state index in [4.69, 9.17) is 9.47 Å². The van der Waals surface area contributed by atoms with Crippen molar-refractivity contribution in [2.24, 2.45) is 23.7 Å². The molecule has 0 unspecified atom stereocenters. The molecule has 6 rings (SSSR count). The molecule has 5 heterocycles. The molecule has 0 amide bonds. The fourth-order valence-electron chi connectivity index (χ4n) is 9.34. The number of allylic oxidation sites excluding steroid dienone is 3. The molecule has 9 nitrogen and oxygen atoms in total. The number of aromatic amines is 3. The first-order valence-corrected chi connectivity index (χ1v) is 21.5. The lowest BCUT2D eigenvalue weighted by Crippen LogP contribution is -2.25. The fraction of sp³-hybridized carbons (Fsp3) is 0.490. The maximum Gasteiger partial charge on any atom is 0.321 e. The summed E-state index contributed by atoms with van der Waals surface area (Å²) in [5.41, 5.74) is 12.5. The van der Waals surface area contributed by atoms with Crippen LogP contribution in [0.25, 0.3) is 29.9 Å². The second-order valence-electron chi connectivity index (χ2n) is 16.8. The van der Waals surface area contributed by atoms with Gasteiger partial charge in [0.2, 0.25) is 0 Å². The SMILES string of the molecule is C=Cc1c2[nH]c(c1C)/C=C1\N/C(=C3\c4[nH]c(c(C)c4C(=O)[C@@H]3C(=O)OC)/C=c3\[nH]/c(c(C)c3CC)=C\2)[C@@H](CCC(=O)OC/C=C(\C)CCC[C@H](C)CCCCC)[C@@H]1C. The molecule has 0 radical (unpaired) electrons. The average Bonchev–Trinajstić information content (AvgIpc) is 3.94. The molecule has 1 fully saturated rings. The number of carbonyl (C=O) groups excluding carboxylic acids is 3. The third kappa shape index (κ3) is 8.41. The first-order chi connectivity index (χ1) is 27.8. The predicted molar refractivity (Wildman–Crippen MR) is 234 cm³/mol. The molecule has 310 valence electrons. The van der Waals surface area contributed by atoms with Gasteiger partial charge in [0.1, 0.15) is 12.5 Å². The van der Waals surface area contributed by atoms with E-state index in [-0.39, 0.29) is 36.6 Å². The Labute approximate surface area is 344 Å². The maximum atomic E-state index is 14.4. The second kappa shape index (κ2) is 18.3. The Kier molecular flexibility index (Phi) is 13.4. The van der Waals surface area contributed by atoms with Crippen LogP contribution in [0.15, 0.2) is 29.6 Å². The van der Waals surface area contributed by atoms with Gasteiger partial charge in [0.25, 0.3) is 0 Å². The quantitative estimate of drug-likeness (QED) is 0.0497. The van der Waals surface area contributed by atoms with E-state index in [1.54, 1.807) is 0 Å². The van der Waals surface area contributed by atoms with Crippen LogP contribution in [0.5, 0.6) is 0 Å². The highest BCUT2D eigenvalue weighted by atomic mass is 16.5. The zero-order valence-electron chi connectivity index (χ0n) is 36.2. The molecule has 9 heteroatoms. The fourth-order valence-corrected chi connectivity index (χ4v) is 9.34. The molecule has 0 spiro atoms. The molecule has 2 aliphatic heterocycles. The second-order valence-corrected chi connectivity index (χ2v) is 16.8. The van der Waals surface area contributed by atoms with E-state index in [2.05, 4.69) is 93.5 Å². The number of H-pyrrole nitrogens is 3. The first-order valence-electron chi connectivity index (χ1n) is 21.5. The van der Waals surface area contributed by atoms with Crippen LogP contribution in [0.1, 0.15) is 153 Å². The van der Waals surface area contributed by atoms with E-state index >= 15 is 0 Å². The van der Waals surface area contributed by atoms with Crippen molar-refractivity contribution in [2.45, 2.75) is 120 Å². The maximum absolute atomic E-state index is 14.4. The van der Waals surface area contributed by atoms with Gasteiger partial charge < -0.3 is 29.7 Å². The van der Waals surface area contributed by atoms with Crippen LogP contribution < -0.4 is 16.0 Å². The molecule has 58 heavy (non-hydrogen) atoms. The zero-order valence-corrected chi connectivity index (χ0v) is 36.2. The van der Waals surface area contributed by atoms with E-state index in [1.807, 2.05) is 19.1 Å². The van der Waals surface area contributed by atoms with Crippen molar-refractivity contribution in [3.8, 4) is 0 Å². The van der Waals surface area contributed by atoms with E-state index < -0.39 is 11.9 Å². The van der Waals surface area contributed by atoms with E-state index in [0.717, 1.165) is 86.6 Å². The predicted octanol–water partition coefficient (Wildman–Crippen LogP) is 9.02. The summed E-state index contributed by atoms with van der Waals surface area (Å²) in [5.74, 6) is -1.87.